The van der Waals surface area contributed by atoms with Gasteiger partial charge in [0.25, 0.3) is 0 Å². The largest absolute Gasteiger partial charge is 0.384 e. The third-order valence-electron chi connectivity index (χ3n) is 2.85. The minimum atomic E-state index is 0.0910. The molecule has 0 radical (unpaired) electrons. The van der Waals surface area contributed by atoms with Gasteiger partial charge >= 0.3 is 0 Å². The summed E-state index contributed by atoms with van der Waals surface area (Å²) in [6, 6.07) is 2.23. The molecule has 0 aliphatic heterocycles. The summed E-state index contributed by atoms with van der Waals surface area (Å²) in [5.41, 5.74) is 7.27. The standard InChI is InChI=1S/C12H20N4S/c1-4-9(8-17-3)16(2)11-7-15-6-5-10(11)12(13)14/h5-7,9H,4,8H2,1-3H3,(H3,13,14). The van der Waals surface area contributed by atoms with Crippen LogP contribution in [0.1, 0.15) is 18.9 Å². The summed E-state index contributed by atoms with van der Waals surface area (Å²) in [6.45, 7) is 2.17. The molecule has 1 atom stereocenters. The third kappa shape index (κ3) is 3.36. The van der Waals surface area contributed by atoms with Crippen LogP contribution in [0.2, 0.25) is 0 Å². The number of pyridine rings is 1. The van der Waals surface area contributed by atoms with Crippen LogP contribution < -0.4 is 10.6 Å². The lowest BCUT2D eigenvalue weighted by molar-refractivity contribution is 0.672. The van der Waals surface area contributed by atoms with Crippen molar-refractivity contribution in [1.29, 1.82) is 5.41 Å². The van der Waals surface area contributed by atoms with Gasteiger partial charge in [-0.2, -0.15) is 11.8 Å². The molecule has 0 amide bonds. The molecule has 17 heavy (non-hydrogen) atoms. The molecule has 0 saturated carbocycles. The van der Waals surface area contributed by atoms with Gasteiger partial charge in [-0.1, -0.05) is 6.92 Å². The quantitative estimate of drug-likeness (QED) is 0.600. The molecular weight excluding hydrogens is 232 g/mol. The number of amidine groups is 1. The van der Waals surface area contributed by atoms with E-state index in [4.69, 9.17) is 11.1 Å². The van der Waals surface area contributed by atoms with E-state index in [0.29, 0.717) is 6.04 Å². The van der Waals surface area contributed by atoms with E-state index in [0.717, 1.165) is 23.4 Å². The number of anilines is 1. The lowest BCUT2D eigenvalue weighted by atomic mass is 10.1. The van der Waals surface area contributed by atoms with Crippen molar-refractivity contribution in [1.82, 2.24) is 4.98 Å². The Balaban J connectivity index is 3.01. The van der Waals surface area contributed by atoms with E-state index >= 15 is 0 Å². The number of hydrogen-bond donors (Lipinski definition) is 2. The van der Waals surface area contributed by atoms with Crippen LogP contribution in [0.15, 0.2) is 18.5 Å². The van der Waals surface area contributed by atoms with Crippen LogP contribution in [0.5, 0.6) is 0 Å². The van der Waals surface area contributed by atoms with Gasteiger partial charge in [0, 0.05) is 30.6 Å². The SMILES string of the molecule is CCC(CSC)N(C)c1cnccc1C(=N)N. The van der Waals surface area contributed by atoms with Crippen molar-refractivity contribution < 1.29 is 0 Å². The summed E-state index contributed by atoms with van der Waals surface area (Å²) < 4.78 is 0. The molecule has 4 nitrogen and oxygen atoms in total. The molecule has 0 aliphatic rings. The van der Waals surface area contributed by atoms with E-state index in [2.05, 4.69) is 23.1 Å². The van der Waals surface area contributed by atoms with Gasteiger partial charge in [0.1, 0.15) is 5.84 Å². The molecule has 0 spiro atoms. The molecule has 94 valence electrons. The van der Waals surface area contributed by atoms with Gasteiger partial charge in [-0.05, 0) is 18.7 Å². The lowest BCUT2D eigenvalue weighted by Crippen LogP contribution is -2.34. The fraction of sp³-hybridized carbons (Fsp3) is 0.500. The van der Waals surface area contributed by atoms with Crippen LogP contribution >= 0.6 is 11.8 Å². The molecule has 1 heterocycles. The first kappa shape index (κ1) is 13.8. The highest BCUT2D eigenvalue weighted by molar-refractivity contribution is 7.98. The smallest absolute Gasteiger partial charge is 0.125 e. The first-order valence-electron chi connectivity index (χ1n) is 5.62. The van der Waals surface area contributed by atoms with Crippen LogP contribution in [0.3, 0.4) is 0 Å². The molecule has 0 aromatic carbocycles. The maximum absolute atomic E-state index is 7.59. The van der Waals surface area contributed by atoms with Crippen LogP contribution in [0, 0.1) is 5.41 Å². The maximum atomic E-state index is 7.59. The molecule has 3 N–H and O–H groups in total. The second kappa shape index (κ2) is 6.49. The Bertz CT molecular complexity index is 381. The molecule has 1 aromatic heterocycles. The van der Waals surface area contributed by atoms with E-state index in [1.165, 1.54) is 0 Å². The van der Waals surface area contributed by atoms with Gasteiger partial charge in [0.2, 0.25) is 0 Å². The second-order valence-corrected chi connectivity index (χ2v) is 4.85. The first-order chi connectivity index (χ1) is 8.11. The number of nitrogens with zero attached hydrogens (tertiary/aromatic N) is 2. The Morgan fingerprint density at radius 3 is 2.88 bits per heavy atom. The molecule has 0 saturated heterocycles. The zero-order valence-electron chi connectivity index (χ0n) is 10.6. The summed E-state index contributed by atoms with van der Waals surface area (Å²) in [6.07, 6.45) is 6.61. The highest BCUT2D eigenvalue weighted by atomic mass is 32.2. The van der Waals surface area contributed by atoms with E-state index in [1.54, 1.807) is 18.5 Å². The van der Waals surface area contributed by atoms with Gasteiger partial charge < -0.3 is 10.6 Å². The summed E-state index contributed by atoms with van der Waals surface area (Å²) in [7, 11) is 2.04. The molecule has 5 heteroatoms. The number of rotatable bonds is 6. The number of hydrogen-bond acceptors (Lipinski definition) is 4. The van der Waals surface area contributed by atoms with Gasteiger partial charge in [0.05, 0.1) is 11.9 Å². The zero-order chi connectivity index (χ0) is 12.8. The average molecular weight is 252 g/mol. The van der Waals surface area contributed by atoms with Crippen molar-refractivity contribution in [3.63, 3.8) is 0 Å². The van der Waals surface area contributed by atoms with Crippen molar-refractivity contribution in [2.75, 3.05) is 24.0 Å². The Morgan fingerprint density at radius 1 is 1.65 bits per heavy atom. The van der Waals surface area contributed by atoms with Gasteiger partial charge in [-0.3, -0.25) is 10.4 Å². The zero-order valence-corrected chi connectivity index (χ0v) is 11.4. The first-order valence-corrected chi connectivity index (χ1v) is 7.01. The Kier molecular flexibility index (Phi) is 5.28. The molecular formula is C12H20N4S. The number of aromatic nitrogens is 1. The van der Waals surface area contributed by atoms with Gasteiger partial charge in [-0.15, -0.1) is 0 Å². The fourth-order valence-electron chi connectivity index (χ4n) is 1.79. The maximum Gasteiger partial charge on any atom is 0.125 e. The molecule has 0 bridgehead atoms. The highest BCUT2D eigenvalue weighted by Gasteiger charge is 2.16. The predicted molar refractivity (Wildman–Crippen MR) is 76.1 cm³/mol. The van der Waals surface area contributed by atoms with E-state index < -0.39 is 0 Å². The second-order valence-electron chi connectivity index (χ2n) is 3.93. The van der Waals surface area contributed by atoms with Crippen molar-refractivity contribution in [2.45, 2.75) is 19.4 Å². The van der Waals surface area contributed by atoms with Gasteiger partial charge in [0.15, 0.2) is 0 Å². The monoisotopic (exact) mass is 252 g/mol. The van der Waals surface area contributed by atoms with E-state index in [-0.39, 0.29) is 5.84 Å². The van der Waals surface area contributed by atoms with Crippen LogP contribution in [-0.2, 0) is 0 Å². The molecule has 1 rings (SSSR count). The number of nitrogens with two attached hydrogens (primary N) is 1. The fourth-order valence-corrected chi connectivity index (χ4v) is 2.63. The number of nitrogens with one attached hydrogen (secondary N) is 1. The topological polar surface area (TPSA) is 66.0 Å². The van der Waals surface area contributed by atoms with Crippen LogP contribution in [0.25, 0.3) is 0 Å². The van der Waals surface area contributed by atoms with Gasteiger partial charge in [-0.25, -0.2) is 0 Å². The predicted octanol–water partition coefficient (Wildman–Crippen LogP) is 1.94. The number of nitrogen functional groups attached to an aromatic ring is 1. The van der Waals surface area contributed by atoms with Crippen molar-refractivity contribution in [3.05, 3.63) is 24.0 Å². The third-order valence-corrected chi connectivity index (χ3v) is 3.57. The van der Waals surface area contributed by atoms with Crippen LogP contribution in [-0.4, -0.2) is 35.9 Å². The Morgan fingerprint density at radius 2 is 2.35 bits per heavy atom. The molecule has 1 aromatic rings. The van der Waals surface area contributed by atoms with Crippen LogP contribution in [0.4, 0.5) is 5.69 Å². The Hall–Kier alpha value is -1.23. The molecule has 0 fully saturated rings. The highest BCUT2D eigenvalue weighted by Crippen LogP contribution is 2.22. The summed E-state index contributed by atoms with van der Waals surface area (Å²) >= 11 is 1.82. The normalized spacial score (nSPS) is 12.2. The minimum absolute atomic E-state index is 0.0910. The number of thioether (sulfide) groups is 1. The van der Waals surface area contributed by atoms with Crippen molar-refractivity contribution in [2.24, 2.45) is 5.73 Å². The lowest BCUT2D eigenvalue weighted by Gasteiger charge is -2.30. The molecule has 0 aliphatic carbocycles. The van der Waals surface area contributed by atoms with E-state index in [1.807, 2.05) is 18.8 Å². The minimum Gasteiger partial charge on any atom is -0.384 e. The van der Waals surface area contributed by atoms with Crippen molar-refractivity contribution >= 4 is 23.3 Å². The van der Waals surface area contributed by atoms with Crippen molar-refractivity contribution in [3.8, 4) is 0 Å². The Labute approximate surface area is 107 Å². The molecule has 1 unspecified atom stereocenters. The summed E-state index contributed by atoms with van der Waals surface area (Å²) in [5, 5.41) is 7.59. The van der Waals surface area contributed by atoms with E-state index in [9.17, 15) is 0 Å². The average Bonchev–Trinajstić information content (AvgIpc) is 2.35. The summed E-state index contributed by atoms with van der Waals surface area (Å²) in [5.74, 6) is 1.15. The summed E-state index contributed by atoms with van der Waals surface area (Å²) in [4.78, 5) is 6.29.